The Hall–Kier alpha value is -2.41. The first-order valence-corrected chi connectivity index (χ1v) is 8.51. The molecule has 2 heterocycles. The normalized spacial score (nSPS) is 15.0. The summed E-state index contributed by atoms with van der Waals surface area (Å²) in [5, 5.41) is 2.61. The standard InChI is InChI=1S/C22H22N/c1-3-22(4-2)14-16-23-15-13-17-9-5-6-10-18(17)21(23)19-11-7-8-12-20(19)22/h5-16H,3-4H2,1-2H3/q+1. The average Bonchev–Trinajstić information content (AvgIpc) is 2.77. The highest BCUT2D eigenvalue weighted by molar-refractivity contribution is 5.94. The van der Waals surface area contributed by atoms with Crippen LogP contribution in [0.1, 0.15) is 32.3 Å². The van der Waals surface area contributed by atoms with Crippen LogP contribution < -0.4 is 4.57 Å². The summed E-state index contributed by atoms with van der Waals surface area (Å²) in [4.78, 5) is 0. The highest BCUT2D eigenvalue weighted by Crippen LogP contribution is 2.41. The van der Waals surface area contributed by atoms with Crippen molar-refractivity contribution in [3.8, 4) is 11.3 Å². The molecule has 0 spiro atoms. The molecule has 0 unspecified atom stereocenters. The van der Waals surface area contributed by atoms with E-state index in [1.807, 2.05) is 0 Å². The van der Waals surface area contributed by atoms with Gasteiger partial charge in [0.25, 0.3) is 0 Å². The lowest BCUT2D eigenvalue weighted by atomic mass is 9.74. The highest BCUT2D eigenvalue weighted by atomic mass is 14.9. The molecule has 23 heavy (non-hydrogen) atoms. The lowest BCUT2D eigenvalue weighted by Crippen LogP contribution is -2.28. The van der Waals surface area contributed by atoms with Gasteiger partial charge in [0, 0.05) is 11.5 Å². The second-order valence-corrected chi connectivity index (χ2v) is 6.38. The van der Waals surface area contributed by atoms with Gasteiger partial charge in [-0.2, -0.15) is 4.57 Å². The SMILES string of the molecule is CCC1(CC)C=C[n+]2ccc3ccccc3c2-c2ccccc21. The van der Waals surface area contributed by atoms with E-state index < -0.39 is 0 Å². The molecule has 1 nitrogen and oxygen atoms in total. The molecule has 1 heteroatoms. The third kappa shape index (κ3) is 2.03. The van der Waals surface area contributed by atoms with E-state index >= 15 is 0 Å². The van der Waals surface area contributed by atoms with Gasteiger partial charge in [0.1, 0.15) is 0 Å². The number of nitrogens with zero attached hydrogens (tertiary/aromatic N) is 1. The van der Waals surface area contributed by atoms with Gasteiger partial charge in [-0.15, -0.1) is 0 Å². The Labute approximate surface area is 137 Å². The zero-order valence-corrected chi connectivity index (χ0v) is 13.8. The maximum absolute atomic E-state index is 2.40. The third-order valence-electron chi connectivity index (χ3n) is 5.42. The van der Waals surface area contributed by atoms with Crippen LogP contribution in [0, 0.1) is 0 Å². The number of hydrogen-bond donors (Lipinski definition) is 0. The molecule has 3 aromatic rings. The first-order chi connectivity index (χ1) is 11.3. The average molecular weight is 300 g/mol. The molecule has 0 aliphatic carbocycles. The maximum Gasteiger partial charge on any atom is 0.226 e. The minimum absolute atomic E-state index is 0.115. The fraction of sp³-hybridized carbons (Fsp3) is 0.227. The van der Waals surface area contributed by atoms with E-state index in [1.165, 1.54) is 27.6 Å². The number of pyridine rings is 1. The summed E-state index contributed by atoms with van der Waals surface area (Å²) in [5.41, 5.74) is 4.23. The van der Waals surface area contributed by atoms with Crippen LogP contribution in [0.25, 0.3) is 28.2 Å². The van der Waals surface area contributed by atoms with Crippen LogP contribution in [0.4, 0.5) is 0 Å². The van der Waals surface area contributed by atoms with Crippen molar-refractivity contribution in [2.24, 2.45) is 0 Å². The second kappa shape index (κ2) is 5.34. The van der Waals surface area contributed by atoms with Gasteiger partial charge in [0.15, 0.2) is 12.4 Å². The molecule has 2 aromatic carbocycles. The van der Waals surface area contributed by atoms with Gasteiger partial charge < -0.3 is 0 Å². The van der Waals surface area contributed by atoms with Crippen molar-refractivity contribution >= 4 is 17.0 Å². The number of rotatable bonds is 2. The lowest BCUT2D eigenvalue weighted by molar-refractivity contribution is -0.554. The molecule has 0 N–H and O–H groups in total. The van der Waals surface area contributed by atoms with Gasteiger partial charge in [-0.1, -0.05) is 50.2 Å². The van der Waals surface area contributed by atoms with Crippen molar-refractivity contribution in [2.75, 3.05) is 0 Å². The van der Waals surface area contributed by atoms with E-state index in [4.69, 9.17) is 0 Å². The molecule has 1 aliphatic rings. The van der Waals surface area contributed by atoms with E-state index in [0.29, 0.717) is 0 Å². The number of aromatic nitrogens is 1. The lowest BCUT2D eigenvalue weighted by Gasteiger charge is -2.28. The third-order valence-corrected chi connectivity index (χ3v) is 5.42. The molecule has 4 rings (SSSR count). The van der Waals surface area contributed by atoms with Crippen molar-refractivity contribution in [3.63, 3.8) is 0 Å². The van der Waals surface area contributed by atoms with E-state index in [9.17, 15) is 0 Å². The van der Waals surface area contributed by atoms with E-state index in [1.54, 1.807) is 0 Å². The molecule has 0 saturated heterocycles. The largest absolute Gasteiger partial charge is 0.226 e. The van der Waals surface area contributed by atoms with Crippen LogP contribution >= 0.6 is 0 Å². The fourth-order valence-electron chi connectivity index (χ4n) is 3.94. The molecule has 0 bridgehead atoms. The topological polar surface area (TPSA) is 3.88 Å². The van der Waals surface area contributed by atoms with E-state index in [-0.39, 0.29) is 5.41 Å². The maximum atomic E-state index is 2.40. The first-order valence-electron chi connectivity index (χ1n) is 8.51. The number of fused-ring (bicyclic) bond motifs is 5. The van der Waals surface area contributed by atoms with Gasteiger partial charge in [0.05, 0.1) is 10.9 Å². The Balaban J connectivity index is 2.15. The summed E-state index contributed by atoms with van der Waals surface area (Å²) in [6.45, 7) is 4.59. The Bertz CT molecular complexity index is 901. The molecular formula is C22H22N+. The highest BCUT2D eigenvalue weighted by Gasteiger charge is 2.34. The zero-order chi connectivity index (χ0) is 15.9. The van der Waals surface area contributed by atoms with Crippen LogP contribution in [0.3, 0.4) is 0 Å². The van der Waals surface area contributed by atoms with Crippen molar-refractivity contribution in [1.82, 2.24) is 0 Å². The number of benzene rings is 2. The van der Waals surface area contributed by atoms with E-state index in [2.05, 4.69) is 91.5 Å². The molecule has 0 saturated carbocycles. The minimum atomic E-state index is 0.115. The monoisotopic (exact) mass is 300 g/mol. The van der Waals surface area contributed by atoms with Gasteiger partial charge >= 0.3 is 0 Å². The Morgan fingerprint density at radius 3 is 2.43 bits per heavy atom. The van der Waals surface area contributed by atoms with Gasteiger partial charge in [-0.3, -0.25) is 0 Å². The second-order valence-electron chi connectivity index (χ2n) is 6.38. The summed E-state index contributed by atoms with van der Waals surface area (Å²) in [6.07, 6.45) is 9.07. The predicted molar refractivity (Wildman–Crippen MR) is 97.2 cm³/mol. The van der Waals surface area contributed by atoms with Gasteiger partial charge in [0.2, 0.25) is 5.69 Å². The molecule has 1 aliphatic heterocycles. The Morgan fingerprint density at radius 2 is 1.61 bits per heavy atom. The van der Waals surface area contributed by atoms with Crippen molar-refractivity contribution in [1.29, 1.82) is 0 Å². The minimum Gasteiger partial charge on any atom is -0.166 e. The predicted octanol–water partition coefficient (Wildman–Crippen LogP) is 5.34. The number of allylic oxidation sites excluding steroid dienone is 1. The quantitative estimate of drug-likeness (QED) is 0.563. The molecule has 0 amide bonds. The summed E-state index contributed by atoms with van der Waals surface area (Å²) in [7, 11) is 0. The molecule has 0 atom stereocenters. The Kier molecular flexibility index (Phi) is 3.30. The van der Waals surface area contributed by atoms with Crippen molar-refractivity contribution < 1.29 is 4.57 Å². The zero-order valence-electron chi connectivity index (χ0n) is 13.8. The molecule has 0 radical (unpaired) electrons. The molecular weight excluding hydrogens is 278 g/mol. The first kappa shape index (κ1) is 14.2. The fourth-order valence-corrected chi connectivity index (χ4v) is 3.94. The van der Waals surface area contributed by atoms with Gasteiger partial charge in [-0.05, 0) is 42.0 Å². The number of hydrogen-bond acceptors (Lipinski definition) is 0. The molecule has 0 fully saturated rings. The molecule has 114 valence electrons. The van der Waals surface area contributed by atoms with Crippen LogP contribution in [0.2, 0.25) is 0 Å². The Morgan fingerprint density at radius 1 is 0.870 bits per heavy atom. The summed E-state index contributed by atoms with van der Waals surface area (Å²) in [5.74, 6) is 0. The van der Waals surface area contributed by atoms with Crippen LogP contribution in [0.5, 0.6) is 0 Å². The molecule has 1 aromatic heterocycles. The van der Waals surface area contributed by atoms with Crippen LogP contribution in [-0.4, -0.2) is 0 Å². The van der Waals surface area contributed by atoms with Crippen molar-refractivity contribution in [3.05, 3.63) is 72.4 Å². The van der Waals surface area contributed by atoms with Crippen LogP contribution in [-0.2, 0) is 5.41 Å². The summed E-state index contributed by atoms with van der Waals surface area (Å²) < 4.78 is 2.29. The summed E-state index contributed by atoms with van der Waals surface area (Å²) in [6, 6.07) is 19.8. The van der Waals surface area contributed by atoms with Crippen molar-refractivity contribution in [2.45, 2.75) is 32.1 Å². The van der Waals surface area contributed by atoms with E-state index in [0.717, 1.165) is 12.8 Å². The van der Waals surface area contributed by atoms with Crippen LogP contribution in [0.15, 0.2) is 66.9 Å². The smallest absolute Gasteiger partial charge is 0.166 e. The van der Waals surface area contributed by atoms with Gasteiger partial charge in [-0.25, -0.2) is 0 Å². The summed E-state index contributed by atoms with van der Waals surface area (Å²) >= 11 is 0.